The van der Waals surface area contributed by atoms with Gasteiger partial charge in [-0.3, -0.25) is 4.79 Å². The number of methoxy groups -OCH3 is 1. The van der Waals surface area contributed by atoms with Crippen LogP contribution >= 0.6 is 0 Å². The van der Waals surface area contributed by atoms with Gasteiger partial charge in [0.2, 0.25) is 11.8 Å². The van der Waals surface area contributed by atoms with E-state index >= 15 is 0 Å². The first kappa shape index (κ1) is 27.4. The van der Waals surface area contributed by atoms with E-state index < -0.39 is 5.92 Å². The number of aryl methyl sites for hydroxylation is 1. The SMILES string of the molecule is COc1ncnc(C2CC2)c1-c1ncc2c(n1)N(Cc1ccc3c(c1)C(C)CCn1cc(C(C)(F)F)nc1-3)CC(=O)N2C. The largest absolute Gasteiger partial charge is 0.480 e. The first-order chi connectivity index (χ1) is 20.6. The second-order valence-corrected chi connectivity index (χ2v) is 11.8. The molecule has 1 amide bonds. The second-order valence-electron chi connectivity index (χ2n) is 11.8. The van der Waals surface area contributed by atoms with Crippen LogP contribution in [0, 0.1) is 0 Å². The third-order valence-corrected chi connectivity index (χ3v) is 8.62. The third-order valence-electron chi connectivity index (χ3n) is 8.62. The Morgan fingerprint density at radius 2 is 1.93 bits per heavy atom. The summed E-state index contributed by atoms with van der Waals surface area (Å²) in [7, 11) is 3.30. The fourth-order valence-electron chi connectivity index (χ4n) is 6.02. The predicted octanol–water partition coefficient (Wildman–Crippen LogP) is 5.29. The van der Waals surface area contributed by atoms with Crippen LogP contribution in [0.4, 0.5) is 20.3 Å². The van der Waals surface area contributed by atoms with Crippen molar-refractivity contribution in [3.05, 3.63) is 59.4 Å². The summed E-state index contributed by atoms with van der Waals surface area (Å²) in [5.74, 6) is -0.488. The number of halogens is 2. The Morgan fingerprint density at radius 3 is 2.67 bits per heavy atom. The molecule has 0 saturated heterocycles. The maximum Gasteiger partial charge on any atom is 0.288 e. The first-order valence-electron chi connectivity index (χ1n) is 14.5. The Labute approximate surface area is 247 Å². The minimum atomic E-state index is -3.01. The van der Waals surface area contributed by atoms with E-state index in [9.17, 15) is 13.6 Å². The van der Waals surface area contributed by atoms with Gasteiger partial charge >= 0.3 is 0 Å². The molecule has 1 fully saturated rings. The summed E-state index contributed by atoms with van der Waals surface area (Å²) in [4.78, 5) is 39.4. The number of rotatable bonds is 6. The minimum Gasteiger partial charge on any atom is -0.480 e. The number of aromatic nitrogens is 6. The molecule has 1 aliphatic carbocycles. The number of amides is 1. The molecule has 12 heteroatoms. The second kappa shape index (κ2) is 10.1. The molecular weight excluding hydrogens is 554 g/mol. The summed E-state index contributed by atoms with van der Waals surface area (Å²) in [5, 5.41) is 0. The maximum atomic E-state index is 14.1. The monoisotopic (exact) mass is 586 g/mol. The lowest BCUT2D eigenvalue weighted by Gasteiger charge is -2.34. The molecule has 4 aromatic rings. The summed E-state index contributed by atoms with van der Waals surface area (Å²) < 4.78 is 35.6. The van der Waals surface area contributed by atoms with E-state index in [4.69, 9.17) is 9.72 Å². The summed E-state index contributed by atoms with van der Waals surface area (Å²) in [6, 6.07) is 6.04. The molecule has 2 aliphatic heterocycles. The fourth-order valence-corrected chi connectivity index (χ4v) is 6.02. The van der Waals surface area contributed by atoms with E-state index in [0.717, 1.165) is 48.6 Å². The van der Waals surface area contributed by atoms with Crippen LogP contribution in [0.25, 0.3) is 22.8 Å². The van der Waals surface area contributed by atoms with E-state index in [1.807, 2.05) is 21.6 Å². The molecule has 1 aromatic carbocycles. The van der Waals surface area contributed by atoms with E-state index in [1.54, 1.807) is 25.3 Å². The molecule has 7 rings (SSSR count). The number of fused-ring (bicyclic) bond motifs is 4. The van der Waals surface area contributed by atoms with Gasteiger partial charge in [0.15, 0.2) is 11.6 Å². The van der Waals surface area contributed by atoms with Gasteiger partial charge in [0, 0.05) is 44.7 Å². The summed E-state index contributed by atoms with van der Waals surface area (Å²) >= 11 is 0. The molecule has 5 heterocycles. The number of nitrogens with zero attached hydrogens (tertiary/aromatic N) is 8. The van der Waals surface area contributed by atoms with Crippen LogP contribution in [0.2, 0.25) is 0 Å². The number of carbonyl (C=O) groups is 1. The van der Waals surface area contributed by atoms with Gasteiger partial charge in [0.1, 0.15) is 29.1 Å². The Morgan fingerprint density at radius 1 is 1.12 bits per heavy atom. The molecular formula is C31H32F2N8O2. The number of carbonyl (C=O) groups excluding carboxylic acids is 1. The zero-order valence-corrected chi connectivity index (χ0v) is 24.5. The van der Waals surface area contributed by atoms with E-state index in [2.05, 4.69) is 32.9 Å². The van der Waals surface area contributed by atoms with Gasteiger partial charge in [-0.25, -0.2) is 24.9 Å². The minimum absolute atomic E-state index is 0.0682. The highest BCUT2D eigenvalue weighted by Gasteiger charge is 2.35. The Bertz CT molecular complexity index is 1750. The lowest BCUT2D eigenvalue weighted by Crippen LogP contribution is -2.44. The first-order valence-corrected chi connectivity index (χ1v) is 14.5. The lowest BCUT2D eigenvalue weighted by molar-refractivity contribution is -0.117. The lowest BCUT2D eigenvalue weighted by atomic mass is 9.92. The number of alkyl halides is 2. The van der Waals surface area contributed by atoms with Crippen molar-refractivity contribution in [2.24, 2.45) is 0 Å². The normalized spacial score (nSPS) is 18.2. The maximum absolute atomic E-state index is 14.1. The van der Waals surface area contributed by atoms with Crippen molar-refractivity contribution >= 4 is 17.4 Å². The molecule has 3 aromatic heterocycles. The molecule has 222 valence electrons. The summed E-state index contributed by atoms with van der Waals surface area (Å²) in [6.07, 6.45) is 7.53. The van der Waals surface area contributed by atoms with Gasteiger partial charge in [-0.15, -0.1) is 0 Å². The highest BCUT2D eigenvalue weighted by Crippen LogP contribution is 2.46. The topological polar surface area (TPSA) is 102 Å². The molecule has 1 atom stereocenters. The average molecular weight is 587 g/mol. The van der Waals surface area contributed by atoms with Crippen molar-refractivity contribution in [2.75, 3.05) is 30.5 Å². The quantitative estimate of drug-likeness (QED) is 0.301. The molecule has 10 nitrogen and oxygen atoms in total. The fraction of sp³-hybridized carbons (Fsp3) is 0.419. The van der Waals surface area contributed by atoms with E-state index in [-0.39, 0.29) is 24.1 Å². The van der Waals surface area contributed by atoms with Gasteiger partial charge in [0.25, 0.3) is 5.92 Å². The van der Waals surface area contributed by atoms with E-state index in [0.29, 0.717) is 53.6 Å². The van der Waals surface area contributed by atoms with Crippen LogP contribution in [0.1, 0.15) is 67.5 Å². The number of imidazole rings is 1. The number of hydrogen-bond donors (Lipinski definition) is 0. The Balaban J connectivity index is 1.27. The standard InChI is InChI=1S/C31H32F2N8O2/c1-17-9-10-40-14-23(31(2,32)33)37-28(40)20-8-5-18(11-21(17)20)13-41-15-24(42)39(3)22-12-34-27(38-29(22)41)25-26(19-6-7-19)35-16-36-30(25)43-4/h5,8,11-12,14,16-17,19H,6-7,9-10,13,15H2,1-4H3. The molecule has 0 N–H and O–H groups in total. The molecule has 0 bridgehead atoms. The van der Waals surface area contributed by atoms with Gasteiger partial charge in [-0.2, -0.15) is 8.78 Å². The van der Waals surface area contributed by atoms with Crippen molar-refractivity contribution in [1.29, 1.82) is 0 Å². The van der Waals surface area contributed by atoms with Crippen LogP contribution in [0.15, 0.2) is 36.9 Å². The number of likely N-dealkylation sites (N-methyl/N-ethyl adjacent to an activating group) is 1. The van der Waals surface area contributed by atoms with Crippen LogP contribution in [-0.2, 0) is 23.8 Å². The Kier molecular flexibility index (Phi) is 6.40. The van der Waals surface area contributed by atoms with Crippen LogP contribution in [0.5, 0.6) is 5.88 Å². The summed E-state index contributed by atoms with van der Waals surface area (Å²) in [5.41, 5.74) is 4.84. The van der Waals surface area contributed by atoms with Crippen molar-refractivity contribution in [3.8, 4) is 28.7 Å². The van der Waals surface area contributed by atoms with Gasteiger partial charge < -0.3 is 19.1 Å². The molecule has 1 saturated carbocycles. The third kappa shape index (κ3) is 4.78. The van der Waals surface area contributed by atoms with Gasteiger partial charge in [-0.05, 0) is 36.3 Å². The van der Waals surface area contributed by atoms with Crippen molar-refractivity contribution < 1.29 is 18.3 Å². The van der Waals surface area contributed by atoms with Gasteiger partial charge in [0.05, 0.1) is 25.5 Å². The predicted molar refractivity (Wildman–Crippen MR) is 156 cm³/mol. The molecule has 0 spiro atoms. The zero-order chi connectivity index (χ0) is 30.0. The average Bonchev–Trinajstić information content (AvgIpc) is 3.77. The van der Waals surface area contributed by atoms with Crippen LogP contribution < -0.4 is 14.5 Å². The van der Waals surface area contributed by atoms with Crippen LogP contribution in [-0.4, -0.2) is 56.1 Å². The van der Waals surface area contributed by atoms with Crippen molar-refractivity contribution in [3.63, 3.8) is 0 Å². The van der Waals surface area contributed by atoms with E-state index in [1.165, 1.54) is 12.5 Å². The summed E-state index contributed by atoms with van der Waals surface area (Å²) in [6.45, 7) is 4.20. The molecule has 3 aliphatic rings. The number of anilines is 2. The van der Waals surface area contributed by atoms with Crippen molar-refractivity contribution in [2.45, 2.75) is 64.0 Å². The van der Waals surface area contributed by atoms with Crippen molar-refractivity contribution in [1.82, 2.24) is 29.5 Å². The molecule has 0 radical (unpaired) electrons. The zero-order valence-electron chi connectivity index (χ0n) is 24.5. The van der Waals surface area contributed by atoms with Gasteiger partial charge in [-0.1, -0.05) is 25.1 Å². The molecule has 1 unspecified atom stereocenters. The highest BCUT2D eigenvalue weighted by molar-refractivity contribution is 6.02. The van der Waals surface area contributed by atoms with Crippen LogP contribution in [0.3, 0.4) is 0 Å². The number of benzene rings is 1. The number of hydrogen-bond acceptors (Lipinski definition) is 8. The Hall–Kier alpha value is -4.48. The number of ether oxygens (including phenoxy) is 1. The molecule has 43 heavy (non-hydrogen) atoms. The highest BCUT2D eigenvalue weighted by atomic mass is 19.3. The smallest absolute Gasteiger partial charge is 0.288 e.